The maximum atomic E-state index is 13.8. The molecule has 1 saturated heterocycles. The lowest BCUT2D eigenvalue weighted by Gasteiger charge is -2.29. The number of phenols is 1. The van der Waals surface area contributed by atoms with Gasteiger partial charge in [0.2, 0.25) is 35.4 Å². The van der Waals surface area contributed by atoms with E-state index in [2.05, 4.69) is 21.3 Å². The number of amides is 6. The maximum absolute atomic E-state index is 13.8. The van der Waals surface area contributed by atoms with Gasteiger partial charge in [0.05, 0.1) is 24.4 Å². The summed E-state index contributed by atoms with van der Waals surface area (Å²) >= 11 is 0. The summed E-state index contributed by atoms with van der Waals surface area (Å²) < 4.78 is 0. The Morgan fingerprint density at radius 3 is 2.00 bits per heavy atom. The number of primary amides is 2. The number of rotatable bonds is 10. The fourth-order valence-electron chi connectivity index (χ4n) is 4.78. The van der Waals surface area contributed by atoms with Gasteiger partial charge in [0.25, 0.3) is 0 Å². The maximum Gasteiger partial charge on any atom is 0.307 e. The smallest absolute Gasteiger partial charge is 0.307 e. The van der Waals surface area contributed by atoms with E-state index in [4.69, 9.17) is 17.2 Å². The Bertz CT molecular complexity index is 1410. The first-order valence-electron chi connectivity index (χ1n) is 15.8. The summed E-state index contributed by atoms with van der Waals surface area (Å²) in [5.74, 6) is -9.12. The van der Waals surface area contributed by atoms with Crippen LogP contribution in [0, 0.1) is 11.8 Å². The second-order valence-corrected chi connectivity index (χ2v) is 14.5. The molecule has 1 aliphatic heterocycles. The van der Waals surface area contributed by atoms with Gasteiger partial charge in [-0.15, -0.1) is 0 Å². The average molecular weight is 740 g/mol. The Labute approximate surface area is 296 Å². The van der Waals surface area contributed by atoms with Crippen LogP contribution >= 0.6 is 21.6 Å². The molecule has 12 N–H and O–H groups in total. The fraction of sp³-hybridized carbons (Fsp3) is 0.548. The molecule has 1 aromatic carbocycles. The van der Waals surface area contributed by atoms with E-state index in [0.29, 0.717) is 12.0 Å². The zero-order chi connectivity index (χ0) is 37.5. The summed E-state index contributed by atoms with van der Waals surface area (Å²) in [5, 5.41) is 29.6. The van der Waals surface area contributed by atoms with E-state index in [1.54, 1.807) is 26.0 Å². The van der Waals surface area contributed by atoms with Crippen LogP contribution in [0.3, 0.4) is 0 Å². The second-order valence-electron chi connectivity index (χ2n) is 12.0. The number of carbonyl (C=O) groups excluding carboxylic acids is 7. The van der Waals surface area contributed by atoms with Crippen LogP contribution in [-0.4, -0.2) is 99.1 Å². The van der Waals surface area contributed by atoms with Gasteiger partial charge in [0, 0.05) is 30.8 Å². The molecule has 0 radical (unpaired) electrons. The number of nitrogens with two attached hydrogens (primary N) is 3. The highest BCUT2D eigenvalue weighted by atomic mass is 33.1. The Balaban J connectivity index is 2.55. The lowest BCUT2D eigenvalue weighted by Crippen LogP contribution is -2.60. The van der Waals surface area contributed by atoms with Crippen LogP contribution in [0.1, 0.15) is 51.5 Å². The van der Waals surface area contributed by atoms with Gasteiger partial charge in [-0.1, -0.05) is 54.0 Å². The largest absolute Gasteiger partial charge is 0.508 e. The van der Waals surface area contributed by atoms with E-state index in [-0.39, 0.29) is 36.5 Å². The number of phenolic OH excluding ortho intramolecular Hbond substituents is 1. The van der Waals surface area contributed by atoms with E-state index in [0.717, 1.165) is 21.6 Å². The number of carboxylic acid groups (broad SMARTS) is 1. The number of hydrogen-bond donors (Lipinski definition) is 9. The van der Waals surface area contributed by atoms with Gasteiger partial charge in [-0.25, -0.2) is 0 Å². The number of benzene rings is 1. The molecule has 7 unspecified atom stereocenters. The average Bonchev–Trinajstić information content (AvgIpc) is 3.05. The molecule has 1 fully saturated rings. The fourth-order valence-corrected chi connectivity index (χ4v) is 7.20. The van der Waals surface area contributed by atoms with Crippen molar-refractivity contribution in [3.63, 3.8) is 0 Å². The van der Waals surface area contributed by atoms with Crippen molar-refractivity contribution in [1.82, 2.24) is 21.3 Å². The lowest BCUT2D eigenvalue weighted by molar-refractivity contribution is -0.143. The molecule has 17 nitrogen and oxygen atoms in total. The predicted molar refractivity (Wildman–Crippen MR) is 185 cm³/mol. The van der Waals surface area contributed by atoms with Gasteiger partial charge >= 0.3 is 5.97 Å². The Morgan fingerprint density at radius 1 is 0.840 bits per heavy atom. The summed E-state index contributed by atoms with van der Waals surface area (Å²) in [6.45, 7) is 3.42. The molecule has 19 heteroatoms. The highest BCUT2D eigenvalue weighted by Crippen LogP contribution is 2.26. The number of nitrogens with one attached hydrogen (secondary N) is 4. The Hall–Kier alpha value is -4.36. The number of aromatic hydroxyl groups is 1. The van der Waals surface area contributed by atoms with E-state index in [1.807, 2.05) is 0 Å². The minimum Gasteiger partial charge on any atom is -0.508 e. The van der Waals surface area contributed by atoms with Gasteiger partial charge in [-0.3, -0.25) is 38.4 Å². The minimum absolute atomic E-state index is 0.00468. The normalized spacial score (nSPS) is 25.6. The van der Waals surface area contributed by atoms with Crippen LogP contribution in [0.4, 0.5) is 0 Å². The van der Waals surface area contributed by atoms with Gasteiger partial charge in [0.15, 0.2) is 5.78 Å². The molecule has 7 atom stereocenters. The number of hydrogen-bond acceptors (Lipinski definition) is 12. The number of aliphatic carboxylic acids is 1. The number of carboxylic acids is 1. The van der Waals surface area contributed by atoms with Crippen molar-refractivity contribution in [2.75, 3.05) is 11.5 Å². The molecule has 0 aliphatic carbocycles. The van der Waals surface area contributed by atoms with Gasteiger partial charge in [-0.2, -0.15) is 0 Å². The van der Waals surface area contributed by atoms with Crippen LogP contribution in [-0.2, 0) is 44.8 Å². The lowest BCUT2D eigenvalue weighted by atomic mass is 9.96. The molecular weight excluding hydrogens is 695 g/mol. The zero-order valence-corrected chi connectivity index (χ0v) is 29.3. The van der Waals surface area contributed by atoms with Crippen molar-refractivity contribution >= 4 is 68.8 Å². The van der Waals surface area contributed by atoms with Crippen molar-refractivity contribution in [1.29, 1.82) is 0 Å². The summed E-state index contributed by atoms with van der Waals surface area (Å²) in [6.07, 6.45) is -1.63. The topological polar surface area (TPSA) is 303 Å². The van der Waals surface area contributed by atoms with Crippen LogP contribution in [0.2, 0.25) is 0 Å². The molecule has 6 amide bonds. The molecule has 2 rings (SSSR count). The Kier molecular flexibility index (Phi) is 17.0. The quantitative estimate of drug-likeness (QED) is 0.123. The molecule has 50 heavy (non-hydrogen) atoms. The van der Waals surface area contributed by atoms with Crippen molar-refractivity contribution in [2.24, 2.45) is 29.0 Å². The van der Waals surface area contributed by atoms with Gasteiger partial charge < -0.3 is 48.7 Å². The van der Waals surface area contributed by atoms with Crippen LogP contribution in [0.15, 0.2) is 24.3 Å². The standard InChI is InChI=1S/C31H45N7O10S2/c1-3-15(2)26-30(46)35-20(8-9-24(33)41)28(44)36-21(12-25(34)42)23(40)11-17(31(47)48)13-49-50-14-19(32)27(43)37-22(29(45)38-26)10-16-4-6-18(39)7-5-16/h4-7,15,17,19-22,26,39H,3,8-14,32H2,1-2H3,(H2,33,41)(H2,34,42)(H,35,46)(H,36,44)(H,37,43)(H,38,45)(H,47,48). The third kappa shape index (κ3) is 13.9. The first-order chi connectivity index (χ1) is 23.5. The molecule has 1 heterocycles. The minimum atomic E-state index is -1.55. The molecule has 276 valence electrons. The van der Waals surface area contributed by atoms with Crippen molar-refractivity contribution in [3.05, 3.63) is 29.8 Å². The predicted octanol–water partition coefficient (Wildman–Crippen LogP) is -1.56. The molecule has 1 aromatic rings. The van der Waals surface area contributed by atoms with E-state index in [9.17, 15) is 48.6 Å². The third-order valence-electron chi connectivity index (χ3n) is 7.96. The van der Waals surface area contributed by atoms with E-state index >= 15 is 0 Å². The van der Waals surface area contributed by atoms with Crippen LogP contribution < -0.4 is 38.5 Å². The molecule has 0 spiro atoms. The highest BCUT2D eigenvalue weighted by molar-refractivity contribution is 8.76. The Morgan fingerprint density at radius 2 is 1.42 bits per heavy atom. The van der Waals surface area contributed by atoms with Crippen molar-refractivity contribution in [2.45, 2.75) is 82.6 Å². The monoisotopic (exact) mass is 739 g/mol. The number of Topliss-reactive ketones (excluding diaryl/α,β-unsaturated/α-hetero) is 1. The third-order valence-corrected chi connectivity index (χ3v) is 10.5. The first kappa shape index (κ1) is 41.8. The van der Waals surface area contributed by atoms with E-state index in [1.165, 1.54) is 12.1 Å². The first-order valence-corrected chi connectivity index (χ1v) is 18.3. The summed E-state index contributed by atoms with van der Waals surface area (Å²) in [7, 11) is 2.10. The van der Waals surface area contributed by atoms with Crippen LogP contribution in [0.25, 0.3) is 0 Å². The molecule has 0 saturated carbocycles. The number of carbonyl (C=O) groups is 8. The molecule has 0 aromatic heterocycles. The van der Waals surface area contributed by atoms with Gasteiger partial charge in [0.1, 0.15) is 23.9 Å². The van der Waals surface area contributed by atoms with E-state index < -0.39 is 102 Å². The van der Waals surface area contributed by atoms with Crippen molar-refractivity contribution < 1.29 is 48.6 Å². The van der Waals surface area contributed by atoms with Gasteiger partial charge in [-0.05, 0) is 30.0 Å². The summed E-state index contributed by atoms with van der Waals surface area (Å²) in [4.78, 5) is 103. The molecule has 1 aliphatic rings. The second kappa shape index (κ2) is 20.3. The van der Waals surface area contributed by atoms with Crippen LogP contribution in [0.5, 0.6) is 5.75 Å². The molecule has 0 bridgehead atoms. The van der Waals surface area contributed by atoms with Crippen molar-refractivity contribution in [3.8, 4) is 5.75 Å². The molecular formula is C31H45N7O10S2. The number of ketones is 1. The highest BCUT2D eigenvalue weighted by Gasteiger charge is 2.35. The zero-order valence-electron chi connectivity index (χ0n) is 27.7. The summed E-state index contributed by atoms with van der Waals surface area (Å²) in [5.41, 5.74) is 17.3. The summed E-state index contributed by atoms with van der Waals surface area (Å²) in [6, 6.07) is -0.790. The SMILES string of the molecule is CCC(C)C1NC(=O)C(Cc2ccc(O)cc2)NC(=O)C(N)CSSCC(C(=O)O)CC(=O)C(CC(N)=O)NC(=O)C(CCC(N)=O)NC1=O.